The first-order valence-electron chi connectivity index (χ1n) is 5.43. The summed E-state index contributed by atoms with van der Waals surface area (Å²) in [6, 6.07) is 4.61. The van der Waals surface area contributed by atoms with Crippen LogP contribution in [0.1, 0.15) is 6.42 Å². The van der Waals surface area contributed by atoms with Crippen molar-refractivity contribution < 1.29 is 0 Å². The molecule has 0 N–H and O–H groups in total. The molecule has 3 rings (SSSR count). The summed E-state index contributed by atoms with van der Waals surface area (Å²) < 4.78 is 0. The number of aromatic nitrogens is 1. The molecule has 2 aliphatic heterocycles. The molecule has 1 aromatic rings. The summed E-state index contributed by atoms with van der Waals surface area (Å²) in [7, 11) is 0. The highest BCUT2D eigenvalue weighted by Crippen LogP contribution is 2.25. The third-order valence-corrected chi connectivity index (χ3v) is 3.58. The zero-order chi connectivity index (χ0) is 10.3. The Morgan fingerprint density at radius 2 is 2.20 bits per heavy atom. The van der Waals surface area contributed by atoms with Crippen LogP contribution in [0.3, 0.4) is 0 Å². The van der Waals surface area contributed by atoms with Crippen LogP contribution in [-0.2, 0) is 0 Å². The van der Waals surface area contributed by atoms with Gasteiger partial charge in [-0.05, 0) is 18.6 Å². The van der Waals surface area contributed by atoms with Crippen LogP contribution in [0, 0.1) is 0 Å². The highest BCUT2D eigenvalue weighted by atomic mass is 35.5. The van der Waals surface area contributed by atoms with Gasteiger partial charge in [0.25, 0.3) is 0 Å². The van der Waals surface area contributed by atoms with E-state index >= 15 is 0 Å². The zero-order valence-corrected chi connectivity index (χ0v) is 9.32. The summed E-state index contributed by atoms with van der Waals surface area (Å²) >= 11 is 5.84. The van der Waals surface area contributed by atoms with E-state index in [-0.39, 0.29) is 0 Å². The van der Waals surface area contributed by atoms with Gasteiger partial charge in [-0.25, -0.2) is 4.98 Å². The summed E-state index contributed by atoms with van der Waals surface area (Å²) in [6.07, 6.45) is 3.00. The standard InChI is InChI=1S/C11H14ClN3/c12-9-1-2-11(13-7-9)15-6-5-14-4-3-10(15)8-14/h1-2,7,10H,3-6,8H2. The first-order chi connectivity index (χ1) is 7.33. The fourth-order valence-electron chi connectivity index (χ4n) is 2.54. The molecule has 2 fully saturated rings. The van der Waals surface area contributed by atoms with E-state index in [2.05, 4.69) is 14.8 Å². The number of hydrogen-bond acceptors (Lipinski definition) is 3. The van der Waals surface area contributed by atoms with Gasteiger partial charge in [-0.15, -0.1) is 0 Å². The molecule has 4 heteroatoms. The van der Waals surface area contributed by atoms with Crippen LogP contribution in [0.15, 0.2) is 18.3 Å². The summed E-state index contributed by atoms with van der Waals surface area (Å²) in [5, 5.41) is 0.712. The van der Waals surface area contributed by atoms with Crippen LogP contribution in [0.5, 0.6) is 0 Å². The average Bonchev–Trinajstić information content (AvgIpc) is 2.63. The molecule has 2 atom stereocenters. The lowest BCUT2D eigenvalue weighted by Crippen LogP contribution is -2.47. The Hall–Kier alpha value is -0.800. The number of anilines is 1. The molecule has 0 aromatic carbocycles. The molecule has 1 aromatic heterocycles. The molecule has 3 heterocycles. The smallest absolute Gasteiger partial charge is 0.128 e. The zero-order valence-electron chi connectivity index (χ0n) is 8.56. The molecule has 0 amide bonds. The predicted octanol–water partition coefficient (Wildman–Crippen LogP) is 1.63. The van der Waals surface area contributed by atoms with Crippen LogP contribution in [-0.4, -0.2) is 42.1 Å². The Labute approximate surface area is 94.7 Å². The van der Waals surface area contributed by atoms with E-state index in [1.807, 2.05) is 12.1 Å². The second kappa shape index (κ2) is 3.65. The maximum Gasteiger partial charge on any atom is 0.128 e. The number of piperazine rings is 1. The molecule has 2 bridgehead atoms. The highest BCUT2D eigenvalue weighted by Gasteiger charge is 2.32. The van der Waals surface area contributed by atoms with E-state index in [9.17, 15) is 0 Å². The fourth-order valence-corrected chi connectivity index (χ4v) is 2.65. The van der Waals surface area contributed by atoms with Gasteiger partial charge in [-0.3, -0.25) is 4.90 Å². The van der Waals surface area contributed by atoms with Crippen LogP contribution in [0.2, 0.25) is 5.02 Å². The Morgan fingerprint density at radius 3 is 3.00 bits per heavy atom. The lowest BCUT2D eigenvalue weighted by molar-refractivity contribution is 0.310. The SMILES string of the molecule is Clc1ccc(N2CCN3CCC2C3)nc1. The maximum absolute atomic E-state index is 5.84. The normalized spacial score (nSPS) is 29.5. The Balaban J connectivity index is 1.84. The van der Waals surface area contributed by atoms with Crippen molar-refractivity contribution in [2.45, 2.75) is 12.5 Å². The van der Waals surface area contributed by atoms with Crippen molar-refractivity contribution in [1.82, 2.24) is 9.88 Å². The number of rotatable bonds is 1. The van der Waals surface area contributed by atoms with Crippen LogP contribution in [0.4, 0.5) is 5.82 Å². The number of pyridine rings is 1. The van der Waals surface area contributed by atoms with Crippen molar-refractivity contribution in [3.8, 4) is 0 Å². The van der Waals surface area contributed by atoms with Gasteiger partial charge in [0, 0.05) is 38.4 Å². The van der Waals surface area contributed by atoms with Crippen molar-refractivity contribution in [3.63, 3.8) is 0 Å². The largest absolute Gasteiger partial charge is 0.351 e. The molecule has 0 radical (unpaired) electrons. The minimum absolute atomic E-state index is 0.660. The Morgan fingerprint density at radius 1 is 1.27 bits per heavy atom. The first-order valence-corrected chi connectivity index (χ1v) is 5.81. The van der Waals surface area contributed by atoms with E-state index < -0.39 is 0 Å². The molecule has 2 saturated heterocycles. The molecule has 2 aliphatic rings. The second-order valence-corrected chi connectivity index (χ2v) is 4.71. The molecular weight excluding hydrogens is 210 g/mol. The number of nitrogens with zero attached hydrogens (tertiary/aromatic N) is 3. The van der Waals surface area contributed by atoms with E-state index in [1.54, 1.807) is 6.20 Å². The summed E-state index contributed by atoms with van der Waals surface area (Å²) in [5.74, 6) is 1.07. The van der Waals surface area contributed by atoms with Crippen molar-refractivity contribution >= 4 is 17.4 Å². The first kappa shape index (κ1) is 9.43. The summed E-state index contributed by atoms with van der Waals surface area (Å²) in [5.41, 5.74) is 0. The Kier molecular flexibility index (Phi) is 2.29. The number of fused-ring (bicyclic) bond motifs is 2. The van der Waals surface area contributed by atoms with Gasteiger partial charge in [-0.2, -0.15) is 0 Å². The third kappa shape index (κ3) is 1.70. The van der Waals surface area contributed by atoms with E-state index in [4.69, 9.17) is 11.6 Å². The monoisotopic (exact) mass is 223 g/mol. The van der Waals surface area contributed by atoms with Crippen LogP contribution >= 0.6 is 11.6 Å². The van der Waals surface area contributed by atoms with Crippen molar-refractivity contribution in [3.05, 3.63) is 23.4 Å². The highest BCUT2D eigenvalue weighted by molar-refractivity contribution is 6.30. The van der Waals surface area contributed by atoms with Gasteiger partial charge in [-0.1, -0.05) is 11.6 Å². The predicted molar refractivity (Wildman–Crippen MR) is 61.4 cm³/mol. The van der Waals surface area contributed by atoms with Gasteiger partial charge in [0.05, 0.1) is 5.02 Å². The Bertz CT molecular complexity index is 351. The minimum atomic E-state index is 0.660. The number of hydrogen-bond donors (Lipinski definition) is 0. The molecular formula is C11H14ClN3. The van der Waals surface area contributed by atoms with E-state index in [0.717, 1.165) is 12.4 Å². The van der Waals surface area contributed by atoms with E-state index in [0.29, 0.717) is 11.1 Å². The van der Waals surface area contributed by atoms with Crippen molar-refractivity contribution in [1.29, 1.82) is 0 Å². The molecule has 2 unspecified atom stereocenters. The molecule has 3 nitrogen and oxygen atoms in total. The summed E-state index contributed by atoms with van der Waals surface area (Å²) in [6.45, 7) is 4.71. The van der Waals surface area contributed by atoms with Gasteiger partial charge < -0.3 is 4.90 Å². The van der Waals surface area contributed by atoms with Gasteiger partial charge in [0.1, 0.15) is 5.82 Å². The molecule has 80 valence electrons. The van der Waals surface area contributed by atoms with Gasteiger partial charge >= 0.3 is 0 Å². The van der Waals surface area contributed by atoms with Gasteiger partial charge in [0.15, 0.2) is 0 Å². The lowest BCUT2D eigenvalue weighted by Gasteiger charge is -2.35. The molecule has 15 heavy (non-hydrogen) atoms. The minimum Gasteiger partial charge on any atom is -0.351 e. The summed E-state index contributed by atoms with van der Waals surface area (Å²) in [4.78, 5) is 9.34. The van der Waals surface area contributed by atoms with Crippen molar-refractivity contribution in [2.75, 3.05) is 31.1 Å². The van der Waals surface area contributed by atoms with Crippen molar-refractivity contribution in [2.24, 2.45) is 0 Å². The second-order valence-electron chi connectivity index (χ2n) is 4.27. The molecule has 0 spiro atoms. The lowest BCUT2D eigenvalue weighted by atomic mass is 10.2. The molecule has 0 aliphatic carbocycles. The fraction of sp³-hybridized carbons (Fsp3) is 0.545. The maximum atomic E-state index is 5.84. The van der Waals surface area contributed by atoms with Gasteiger partial charge in [0.2, 0.25) is 0 Å². The number of halogens is 1. The van der Waals surface area contributed by atoms with Crippen LogP contribution in [0.25, 0.3) is 0 Å². The average molecular weight is 224 g/mol. The van der Waals surface area contributed by atoms with Crippen LogP contribution < -0.4 is 4.90 Å². The topological polar surface area (TPSA) is 19.4 Å². The third-order valence-electron chi connectivity index (χ3n) is 3.35. The van der Waals surface area contributed by atoms with E-state index in [1.165, 1.54) is 26.1 Å². The molecule has 0 saturated carbocycles. The quantitative estimate of drug-likeness (QED) is 0.722.